The molecule has 1 amide bonds. The molecule has 1 N–H and O–H groups in total. The lowest BCUT2D eigenvalue weighted by Crippen LogP contribution is -2.24. The monoisotopic (exact) mass is 375 g/mol. The summed E-state index contributed by atoms with van der Waals surface area (Å²) >= 11 is 0. The van der Waals surface area contributed by atoms with E-state index in [9.17, 15) is 4.79 Å². The number of hydrogen-bond acceptors (Lipinski definition) is 4. The number of pyridine rings is 1. The quantitative estimate of drug-likeness (QED) is 0.597. The summed E-state index contributed by atoms with van der Waals surface area (Å²) in [5.41, 5.74) is 3.08. The van der Waals surface area contributed by atoms with Crippen LogP contribution >= 0.6 is 0 Å². The van der Waals surface area contributed by atoms with Crippen molar-refractivity contribution in [3.63, 3.8) is 0 Å². The summed E-state index contributed by atoms with van der Waals surface area (Å²) in [6.07, 6.45) is 5.18. The minimum atomic E-state index is -0.0733. The number of ether oxygens (including phenoxy) is 1. The maximum Gasteiger partial charge on any atom is 0.251 e. The minimum Gasteiger partial charge on any atom is -0.456 e. The summed E-state index contributed by atoms with van der Waals surface area (Å²) < 4.78 is 5.69. The highest BCUT2D eigenvalue weighted by atomic mass is 16.5. The van der Waals surface area contributed by atoms with E-state index < -0.39 is 0 Å². The van der Waals surface area contributed by atoms with Crippen LogP contribution in [0.4, 0.5) is 5.69 Å². The normalized spacial score (nSPS) is 10.4. The number of aromatic nitrogens is 1. The first kappa shape index (κ1) is 19.4. The maximum atomic E-state index is 12.3. The zero-order chi connectivity index (χ0) is 19.8. The zero-order valence-corrected chi connectivity index (χ0v) is 16.3. The summed E-state index contributed by atoms with van der Waals surface area (Å²) in [6.45, 7) is 0.641. The predicted octanol–water partition coefficient (Wildman–Crippen LogP) is 4.30. The van der Waals surface area contributed by atoms with E-state index in [0.29, 0.717) is 23.6 Å². The molecule has 0 aliphatic rings. The third kappa shape index (κ3) is 5.58. The SMILES string of the molecule is CN(C)c1ccc(CCCNC(=O)c2ccc(Oc3cccnc3)cc2)cc1. The van der Waals surface area contributed by atoms with Crippen molar-refractivity contribution in [2.45, 2.75) is 12.8 Å². The Morgan fingerprint density at radius 1 is 1.00 bits per heavy atom. The molecule has 0 unspecified atom stereocenters. The minimum absolute atomic E-state index is 0.0733. The molecule has 0 atom stereocenters. The Labute approximate surface area is 166 Å². The van der Waals surface area contributed by atoms with Crippen LogP contribution in [0.25, 0.3) is 0 Å². The Bertz CT molecular complexity index is 876. The van der Waals surface area contributed by atoms with Crippen LogP contribution in [0.15, 0.2) is 73.1 Å². The number of benzene rings is 2. The fourth-order valence-electron chi connectivity index (χ4n) is 2.78. The van der Waals surface area contributed by atoms with Gasteiger partial charge in [-0.1, -0.05) is 12.1 Å². The van der Waals surface area contributed by atoms with Crippen molar-refractivity contribution in [1.29, 1.82) is 0 Å². The van der Waals surface area contributed by atoms with Crippen molar-refractivity contribution in [1.82, 2.24) is 10.3 Å². The van der Waals surface area contributed by atoms with Crippen LogP contribution in [0.2, 0.25) is 0 Å². The Balaban J connectivity index is 1.43. The summed E-state index contributed by atoms with van der Waals surface area (Å²) in [5.74, 6) is 1.26. The van der Waals surface area contributed by atoms with Gasteiger partial charge in [-0.3, -0.25) is 9.78 Å². The number of rotatable bonds is 8. The Morgan fingerprint density at radius 3 is 2.39 bits per heavy atom. The van der Waals surface area contributed by atoms with Gasteiger partial charge in [0, 0.05) is 38.1 Å². The average molecular weight is 375 g/mol. The van der Waals surface area contributed by atoms with Gasteiger partial charge in [-0.2, -0.15) is 0 Å². The molecule has 0 aliphatic heterocycles. The molecule has 0 spiro atoms. The van der Waals surface area contributed by atoms with E-state index >= 15 is 0 Å². The third-order valence-electron chi connectivity index (χ3n) is 4.37. The Morgan fingerprint density at radius 2 is 1.75 bits per heavy atom. The number of carbonyl (C=O) groups is 1. The molecule has 144 valence electrons. The van der Waals surface area contributed by atoms with Gasteiger partial charge in [0.15, 0.2) is 0 Å². The van der Waals surface area contributed by atoms with Crippen molar-refractivity contribution in [3.8, 4) is 11.5 Å². The van der Waals surface area contributed by atoms with Crippen molar-refractivity contribution >= 4 is 11.6 Å². The molecular formula is C23H25N3O2. The molecule has 28 heavy (non-hydrogen) atoms. The molecule has 0 bridgehead atoms. The van der Waals surface area contributed by atoms with Gasteiger partial charge in [0.1, 0.15) is 11.5 Å². The fraction of sp³-hybridized carbons (Fsp3) is 0.217. The lowest BCUT2D eigenvalue weighted by Gasteiger charge is -2.12. The van der Waals surface area contributed by atoms with Gasteiger partial charge in [0.05, 0.1) is 6.20 Å². The van der Waals surface area contributed by atoms with E-state index in [0.717, 1.165) is 12.8 Å². The molecule has 0 saturated heterocycles. The van der Waals surface area contributed by atoms with Crippen molar-refractivity contribution in [2.75, 3.05) is 25.5 Å². The summed E-state index contributed by atoms with van der Waals surface area (Å²) in [6, 6.07) is 19.3. The maximum absolute atomic E-state index is 12.3. The van der Waals surface area contributed by atoms with Crippen LogP contribution in [-0.2, 0) is 6.42 Å². The van der Waals surface area contributed by atoms with Crippen LogP contribution in [0.1, 0.15) is 22.3 Å². The van der Waals surface area contributed by atoms with Gasteiger partial charge in [-0.15, -0.1) is 0 Å². The second-order valence-electron chi connectivity index (χ2n) is 6.74. The number of nitrogens with zero attached hydrogens (tertiary/aromatic N) is 2. The molecule has 3 aromatic rings. The highest BCUT2D eigenvalue weighted by molar-refractivity contribution is 5.94. The number of nitrogens with one attached hydrogen (secondary N) is 1. The summed E-state index contributed by atoms with van der Waals surface area (Å²) in [5, 5.41) is 2.97. The second-order valence-corrected chi connectivity index (χ2v) is 6.74. The molecule has 0 saturated carbocycles. The second kappa shape index (κ2) is 9.55. The van der Waals surface area contributed by atoms with E-state index in [1.54, 1.807) is 36.7 Å². The molecule has 1 heterocycles. The topological polar surface area (TPSA) is 54.5 Å². The number of carbonyl (C=O) groups excluding carboxylic acids is 1. The average Bonchev–Trinajstić information content (AvgIpc) is 2.72. The molecule has 2 aromatic carbocycles. The highest BCUT2D eigenvalue weighted by Crippen LogP contribution is 2.20. The zero-order valence-electron chi connectivity index (χ0n) is 16.3. The summed E-state index contributed by atoms with van der Waals surface area (Å²) in [4.78, 5) is 18.4. The molecule has 3 rings (SSSR count). The largest absolute Gasteiger partial charge is 0.456 e. The van der Waals surface area contributed by atoms with Crippen LogP contribution in [0, 0.1) is 0 Å². The van der Waals surface area contributed by atoms with Gasteiger partial charge in [0.2, 0.25) is 0 Å². The molecule has 5 heteroatoms. The van der Waals surface area contributed by atoms with E-state index in [-0.39, 0.29) is 5.91 Å². The predicted molar refractivity (Wildman–Crippen MR) is 112 cm³/mol. The smallest absolute Gasteiger partial charge is 0.251 e. The van der Waals surface area contributed by atoms with E-state index in [1.165, 1.54) is 11.3 Å². The van der Waals surface area contributed by atoms with Gasteiger partial charge in [-0.05, 0) is 66.9 Å². The van der Waals surface area contributed by atoms with Gasteiger partial charge >= 0.3 is 0 Å². The Kier molecular flexibility index (Phi) is 6.63. The number of aryl methyl sites for hydroxylation is 1. The van der Waals surface area contributed by atoms with E-state index in [4.69, 9.17) is 4.74 Å². The molecule has 0 radical (unpaired) electrons. The number of anilines is 1. The molecule has 5 nitrogen and oxygen atoms in total. The van der Waals surface area contributed by atoms with E-state index in [1.807, 2.05) is 26.2 Å². The van der Waals surface area contributed by atoms with Gasteiger partial charge in [-0.25, -0.2) is 0 Å². The van der Waals surface area contributed by atoms with Crippen LogP contribution in [0.3, 0.4) is 0 Å². The Hall–Kier alpha value is -3.34. The lowest BCUT2D eigenvalue weighted by molar-refractivity contribution is 0.0953. The van der Waals surface area contributed by atoms with Crippen molar-refractivity contribution in [3.05, 3.63) is 84.2 Å². The first-order chi connectivity index (χ1) is 13.6. The standard InChI is InChI=1S/C23H25N3O2/c1-26(2)20-11-7-18(8-12-20)5-3-16-25-23(27)19-9-13-21(14-10-19)28-22-6-4-15-24-17-22/h4,6-15,17H,3,5,16H2,1-2H3,(H,25,27). The van der Waals surface area contributed by atoms with E-state index in [2.05, 4.69) is 39.5 Å². The number of hydrogen-bond donors (Lipinski definition) is 1. The first-order valence-corrected chi connectivity index (χ1v) is 9.34. The molecular weight excluding hydrogens is 350 g/mol. The van der Waals surface area contributed by atoms with Crippen LogP contribution < -0.4 is 15.0 Å². The molecule has 1 aromatic heterocycles. The van der Waals surface area contributed by atoms with Crippen molar-refractivity contribution in [2.24, 2.45) is 0 Å². The van der Waals surface area contributed by atoms with Crippen LogP contribution in [0.5, 0.6) is 11.5 Å². The highest BCUT2D eigenvalue weighted by Gasteiger charge is 2.06. The van der Waals surface area contributed by atoms with Gasteiger partial charge in [0.25, 0.3) is 5.91 Å². The molecule has 0 aliphatic carbocycles. The van der Waals surface area contributed by atoms with Gasteiger partial charge < -0.3 is 15.0 Å². The fourth-order valence-corrected chi connectivity index (χ4v) is 2.78. The summed E-state index contributed by atoms with van der Waals surface area (Å²) in [7, 11) is 4.06. The lowest BCUT2D eigenvalue weighted by atomic mass is 10.1. The number of amides is 1. The molecule has 0 fully saturated rings. The van der Waals surface area contributed by atoms with Crippen LogP contribution in [-0.4, -0.2) is 31.5 Å². The van der Waals surface area contributed by atoms with Crippen molar-refractivity contribution < 1.29 is 9.53 Å². The third-order valence-corrected chi connectivity index (χ3v) is 4.37. The first-order valence-electron chi connectivity index (χ1n) is 9.34.